The van der Waals surface area contributed by atoms with Gasteiger partial charge in [-0.15, -0.1) is 0 Å². The van der Waals surface area contributed by atoms with Crippen molar-refractivity contribution in [3.05, 3.63) is 35.4 Å². The van der Waals surface area contributed by atoms with E-state index < -0.39 is 0 Å². The minimum atomic E-state index is 0.772. The van der Waals surface area contributed by atoms with Crippen molar-refractivity contribution < 1.29 is 0 Å². The number of hydrogen-bond acceptors (Lipinski definition) is 1. The zero-order chi connectivity index (χ0) is 11.6. The van der Waals surface area contributed by atoms with E-state index in [0.29, 0.717) is 0 Å². The highest BCUT2D eigenvalue weighted by Gasteiger charge is 1.91. The molecule has 0 saturated heterocycles. The van der Waals surface area contributed by atoms with Crippen LogP contribution in [0.4, 0.5) is 0 Å². The minimum Gasteiger partial charge on any atom is -0.306 e. The summed E-state index contributed by atoms with van der Waals surface area (Å²) in [6.45, 7) is 6.06. The Labute approximate surface area is 99.3 Å². The molecule has 1 aromatic carbocycles. The molecule has 0 heterocycles. The Balaban J connectivity index is 2.46. The molecule has 0 unspecified atom stereocenters. The lowest BCUT2D eigenvalue weighted by Gasteiger charge is -1.99. The van der Waals surface area contributed by atoms with Gasteiger partial charge in [-0.05, 0) is 37.1 Å². The average molecular weight is 215 g/mol. The van der Waals surface area contributed by atoms with E-state index in [1.54, 1.807) is 0 Å². The molecule has 0 atom stereocenters. The Hall–Kier alpha value is -1.26. The normalized spacial score (nSPS) is 9.62. The van der Waals surface area contributed by atoms with Crippen molar-refractivity contribution >= 4 is 0 Å². The molecule has 0 aromatic heterocycles. The fourth-order valence-corrected chi connectivity index (χ4v) is 1.47. The van der Waals surface area contributed by atoms with Crippen molar-refractivity contribution in [2.45, 2.75) is 33.1 Å². The predicted octanol–water partition coefficient (Wildman–Crippen LogP) is 2.99. The van der Waals surface area contributed by atoms with Gasteiger partial charge in [-0.2, -0.15) is 0 Å². The summed E-state index contributed by atoms with van der Waals surface area (Å²) >= 11 is 0. The first-order valence-corrected chi connectivity index (χ1v) is 6.15. The SMILES string of the molecule is CCCCc1ccc(C#CCNCC)cc1. The van der Waals surface area contributed by atoms with E-state index in [4.69, 9.17) is 0 Å². The lowest BCUT2D eigenvalue weighted by Crippen LogP contribution is -2.11. The van der Waals surface area contributed by atoms with E-state index in [9.17, 15) is 0 Å². The van der Waals surface area contributed by atoms with Crippen LogP contribution in [0.2, 0.25) is 0 Å². The van der Waals surface area contributed by atoms with E-state index in [-0.39, 0.29) is 0 Å². The maximum atomic E-state index is 3.18. The smallest absolute Gasteiger partial charge is 0.0580 e. The molecule has 0 fully saturated rings. The van der Waals surface area contributed by atoms with Gasteiger partial charge >= 0.3 is 0 Å². The summed E-state index contributed by atoms with van der Waals surface area (Å²) in [7, 11) is 0. The van der Waals surface area contributed by atoms with Gasteiger partial charge in [0, 0.05) is 5.56 Å². The second-order valence-corrected chi connectivity index (χ2v) is 3.88. The summed E-state index contributed by atoms with van der Waals surface area (Å²) in [4.78, 5) is 0. The first kappa shape index (κ1) is 12.8. The number of nitrogens with one attached hydrogen (secondary N) is 1. The fourth-order valence-electron chi connectivity index (χ4n) is 1.47. The Kier molecular flexibility index (Phi) is 6.37. The van der Waals surface area contributed by atoms with Crippen LogP contribution in [0.5, 0.6) is 0 Å². The third kappa shape index (κ3) is 5.00. The van der Waals surface area contributed by atoms with Gasteiger partial charge in [0.25, 0.3) is 0 Å². The molecule has 1 aromatic rings. The molecule has 1 N–H and O–H groups in total. The summed E-state index contributed by atoms with van der Waals surface area (Å²) in [6, 6.07) is 8.60. The zero-order valence-corrected chi connectivity index (χ0v) is 10.3. The van der Waals surface area contributed by atoms with Gasteiger partial charge in [0.2, 0.25) is 0 Å². The maximum Gasteiger partial charge on any atom is 0.0580 e. The van der Waals surface area contributed by atoms with Crippen LogP contribution in [0.1, 0.15) is 37.8 Å². The highest BCUT2D eigenvalue weighted by Crippen LogP contribution is 2.06. The van der Waals surface area contributed by atoms with E-state index in [0.717, 1.165) is 18.7 Å². The predicted molar refractivity (Wildman–Crippen MR) is 70.5 cm³/mol. The highest BCUT2D eigenvalue weighted by atomic mass is 14.8. The minimum absolute atomic E-state index is 0.772. The highest BCUT2D eigenvalue weighted by molar-refractivity contribution is 5.36. The fraction of sp³-hybridized carbons (Fsp3) is 0.467. The molecule has 0 aliphatic heterocycles. The summed E-state index contributed by atoms with van der Waals surface area (Å²) in [5, 5.41) is 3.18. The largest absolute Gasteiger partial charge is 0.306 e. The van der Waals surface area contributed by atoms with Gasteiger partial charge in [-0.1, -0.05) is 44.2 Å². The Morgan fingerprint density at radius 2 is 1.88 bits per heavy atom. The van der Waals surface area contributed by atoms with Crippen molar-refractivity contribution in [3.63, 3.8) is 0 Å². The molecule has 0 aliphatic carbocycles. The number of benzene rings is 1. The molecule has 0 spiro atoms. The summed E-state index contributed by atoms with van der Waals surface area (Å²) < 4.78 is 0. The number of unbranched alkanes of at least 4 members (excludes halogenated alkanes) is 1. The van der Waals surface area contributed by atoms with Crippen LogP contribution in [0.25, 0.3) is 0 Å². The van der Waals surface area contributed by atoms with E-state index >= 15 is 0 Å². The third-order valence-corrected chi connectivity index (χ3v) is 2.47. The van der Waals surface area contributed by atoms with Gasteiger partial charge < -0.3 is 5.32 Å². The van der Waals surface area contributed by atoms with Crippen molar-refractivity contribution in [1.29, 1.82) is 0 Å². The van der Waals surface area contributed by atoms with Gasteiger partial charge in [0.15, 0.2) is 0 Å². The second-order valence-electron chi connectivity index (χ2n) is 3.88. The number of rotatable bonds is 5. The number of aryl methyl sites for hydroxylation is 1. The second kappa shape index (κ2) is 7.96. The monoisotopic (exact) mass is 215 g/mol. The average Bonchev–Trinajstić information content (AvgIpc) is 2.33. The molecule has 0 radical (unpaired) electrons. The zero-order valence-electron chi connectivity index (χ0n) is 10.3. The molecule has 1 nitrogen and oxygen atoms in total. The van der Waals surface area contributed by atoms with Crippen LogP contribution < -0.4 is 5.32 Å². The van der Waals surface area contributed by atoms with E-state index in [1.807, 2.05) is 0 Å². The van der Waals surface area contributed by atoms with Gasteiger partial charge in [-0.3, -0.25) is 0 Å². The number of hydrogen-bond donors (Lipinski definition) is 1. The van der Waals surface area contributed by atoms with Gasteiger partial charge in [-0.25, -0.2) is 0 Å². The molecular formula is C15H21N. The molecular weight excluding hydrogens is 194 g/mol. The standard InChI is InChI=1S/C15H21N/c1-3-5-7-14-9-11-15(12-10-14)8-6-13-16-4-2/h9-12,16H,3-5,7,13H2,1-2H3. The Bertz CT molecular complexity index is 340. The Morgan fingerprint density at radius 3 is 2.50 bits per heavy atom. The van der Waals surface area contributed by atoms with Crippen LogP contribution in [0, 0.1) is 11.8 Å². The molecule has 86 valence electrons. The lowest BCUT2D eigenvalue weighted by atomic mass is 10.1. The van der Waals surface area contributed by atoms with Crippen LogP contribution in [0.3, 0.4) is 0 Å². The van der Waals surface area contributed by atoms with Crippen LogP contribution in [-0.2, 0) is 6.42 Å². The molecule has 0 saturated carbocycles. The van der Waals surface area contributed by atoms with Crippen molar-refractivity contribution in [2.75, 3.05) is 13.1 Å². The molecule has 1 rings (SSSR count). The molecule has 1 heteroatoms. The van der Waals surface area contributed by atoms with Crippen LogP contribution in [0.15, 0.2) is 24.3 Å². The summed E-state index contributed by atoms with van der Waals surface area (Å²) in [5.74, 6) is 6.25. The summed E-state index contributed by atoms with van der Waals surface area (Å²) in [6.07, 6.45) is 3.71. The van der Waals surface area contributed by atoms with E-state index in [1.165, 1.54) is 24.8 Å². The van der Waals surface area contributed by atoms with Crippen molar-refractivity contribution in [2.24, 2.45) is 0 Å². The molecule has 16 heavy (non-hydrogen) atoms. The van der Waals surface area contributed by atoms with Crippen LogP contribution in [-0.4, -0.2) is 13.1 Å². The molecule has 0 bridgehead atoms. The van der Waals surface area contributed by atoms with Crippen molar-refractivity contribution in [1.82, 2.24) is 5.32 Å². The maximum absolute atomic E-state index is 3.18. The topological polar surface area (TPSA) is 12.0 Å². The quantitative estimate of drug-likeness (QED) is 0.588. The Morgan fingerprint density at radius 1 is 1.12 bits per heavy atom. The van der Waals surface area contributed by atoms with Gasteiger partial charge in [0.05, 0.1) is 6.54 Å². The third-order valence-electron chi connectivity index (χ3n) is 2.47. The molecule has 0 amide bonds. The first-order valence-electron chi connectivity index (χ1n) is 6.15. The van der Waals surface area contributed by atoms with Gasteiger partial charge in [0.1, 0.15) is 0 Å². The van der Waals surface area contributed by atoms with Crippen molar-refractivity contribution in [3.8, 4) is 11.8 Å². The lowest BCUT2D eigenvalue weighted by molar-refractivity contribution is 0.795. The molecule has 0 aliphatic rings. The van der Waals surface area contributed by atoms with Crippen LogP contribution >= 0.6 is 0 Å². The summed E-state index contributed by atoms with van der Waals surface area (Å²) in [5.41, 5.74) is 2.53. The van der Waals surface area contributed by atoms with E-state index in [2.05, 4.69) is 55.3 Å². The first-order chi connectivity index (χ1) is 7.86.